The second-order valence-corrected chi connectivity index (χ2v) is 9.85. The van der Waals surface area contributed by atoms with Crippen LogP contribution in [0.2, 0.25) is 0 Å². The molecular formula is C27H30N6O4. The Bertz CT molecular complexity index is 1380. The van der Waals surface area contributed by atoms with Crippen LogP contribution in [0.25, 0.3) is 22.3 Å². The summed E-state index contributed by atoms with van der Waals surface area (Å²) in [6, 6.07) is 16.9. The zero-order valence-electron chi connectivity index (χ0n) is 21.1. The van der Waals surface area contributed by atoms with Gasteiger partial charge in [-0.15, -0.1) is 0 Å². The minimum atomic E-state index is -0.594. The van der Waals surface area contributed by atoms with E-state index in [1.54, 1.807) is 9.58 Å². The normalized spacial score (nSPS) is 16.4. The summed E-state index contributed by atoms with van der Waals surface area (Å²) in [5, 5.41) is 5.55. The van der Waals surface area contributed by atoms with E-state index in [0.29, 0.717) is 54.6 Å². The molecule has 1 aliphatic heterocycles. The van der Waals surface area contributed by atoms with Crippen LogP contribution in [0.1, 0.15) is 26.8 Å². The summed E-state index contributed by atoms with van der Waals surface area (Å²) in [5.74, 6) is 1.79. The first kappa shape index (κ1) is 24.5. The van der Waals surface area contributed by atoms with Gasteiger partial charge >= 0.3 is 6.09 Å². The van der Waals surface area contributed by atoms with E-state index in [4.69, 9.17) is 25.0 Å². The Hall–Kier alpha value is -4.18. The molecular weight excluding hydrogens is 472 g/mol. The van der Waals surface area contributed by atoms with Gasteiger partial charge in [0, 0.05) is 18.7 Å². The number of rotatable bonds is 4. The Morgan fingerprint density at radius 2 is 1.78 bits per heavy atom. The second-order valence-electron chi connectivity index (χ2n) is 9.85. The van der Waals surface area contributed by atoms with Crippen LogP contribution in [-0.2, 0) is 9.47 Å². The number of anilines is 1. The molecule has 0 radical (unpaired) electrons. The fraction of sp³-hybridized carbons (Fsp3) is 0.333. The van der Waals surface area contributed by atoms with Crippen LogP contribution in [0.3, 0.4) is 0 Å². The van der Waals surface area contributed by atoms with E-state index in [1.807, 2.05) is 75.4 Å². The fourth-order valence-corrected chi connectivity index (χ4v) is 4.19. The highest BCUT2D eigenvalue weighted by atomic mass is 16.6. The number of carbonyl (C=O) groups excluding carboxylic acids is 1. The molecule has 1 amide bonds. The van der Waals surface area contributed by atoms with Crippen molar-refractivity contribution in [2.45, 2.75) is 32.4 Å². The van der Waals surface area contributed by atoms with E-state index in [0.717, 1.165) is 11.3 Å². The summed E-state index contributed by atoms with van der Waals surface area (Å²) in [5.41, 5.74) is 7.76. The van der Waals surface area contributed by atoms with Crippen LogP contribution < -0.4 is 10.5 Å². The highest BCUT2D eigenvalue weighted by Gasteiger charge is 2.30. The standard InChI is InChI=1S/C27H30N6O4/c1-27(2,3)37-26(34)32-13-14-35-16-19(15-32)33-25-22(24(28)29-17-30-25)23(31-33)18-9-11-21(12-10-18)36-20-7-5-4-6-8-20/h4-12,17,19H,13-16H2,1-3H3,(H2,28,29,30). The molecule has 2 aromatic carbocycles. The van der Waals surface area contributed by atoms with Gasteiger partial charge in [0.05, 0.1) is 24.6 Å². The number of carbonyl (C=O) groups is 1. The van der Waals surface area contributed by atoms with E-state index in [9.17, 15) is 4.79 Å². The summed E-state index contributed by atoms with van der Waals surface area (Å²) in [6.07, 6.45) is 1.03. The van der Waals surface area contributed by atoms with Crippen LogP contribution in [0.4, 0.5) is 10.6 Å². The predicted molar refractivity (Wildman–Crippen MR) is 139 cm³/mol. The number of hydrogen-bond donors (Lipinski definition) is 1. The van der Waals surface area contributed by atoms with Crippen LogP contribution in [0, 0.1) is 0 Å². The monoisotopic (exact) mass is 502 g/mol. The summed E-state index contributed by atoms with van der Waals surface area (Å²) in [4.78, 5) is 23.2. The lowest BCUT2D eigenvalue weighted by atomic mass is 10.1. The van der Waals surface area contributed by atoms with Gasteiger partial charge in [0.2, 0.25) is 0 Å². The average Bonchev–Trinajstić information content (AvgIpc) is 3.08. The third kappa shape index (κ3) is 5.49. The van der Waals surface area contributed by atoms with Crippen LogP contribution in [0.5, 0.6) is 11.5 Å². The highest BCUT2D eigenvalue weighted by Crippen LogP contribution is 2.33. The van der Waals surface area contributed by atoms with Crippen molar-refractivity contribution in [2.75, 3.05) is 32.0 Å². The van der Waals surface area contributed by atoms with Crippen molar-refractivity contribution in [3.05, 3.63) is 60.9 Å². The molecule has 192 valence electrons. The first-order valence-corrected chi connectivity index (χ1v) is 12.2. The molecule has 5 rings (SSSR count). The Balaban J connectivity index is 1.47. The van der Waals surface area contributed by atoms with E-state index in [2.05, 4.69) is 9.97 Å². The molecule has 1 atom stereocenters. The van der Waals surface area contributed by atoms with Gasteiger partial charge in [0.25, 0.3) is 0 Å². The number of para-hydroxylation sites is 1. The number of aromatic nitrogens is 4. The van der Waals surface area contributed by atoms with E-state index >= 15 is 0 Å². The number of nitrogens with zero attached hydrogens (tertiary/aromatic N) is 5. The van der Waals surface area contributed by atoms with Crippen molar-refractivity contribution in [2.24, 2.45) is 0 Å². The lowest BCUT2D eigenvalue weighted by molar-refractivity contribution is 0.0234. The Kier molecular flexibility index (Phi) is 6.66. The molecule has 2 N–H and O–H groups in total. The third-order valence-corrected chi connectivity index (χ3v) is 5.87. The maximum atomic E-state index is 12.8. The minimum Gasteiger partial charge on any atom is -0.457 e. The zero-order valence-corrected chi connectivity index (χ0v) is 21.1. The molecule has 1 fully saturated rings. The molecule has 37 heavy (non-hydrogen) atoms. The third-order valence-electron chi connectivity index (χ3n) is 5.87. The minimum absolute atomic E-state index is 0.291. The molecule has 3 heterocycles. The van der Waals surface area contributed by atoms with Gasteiger partial charge in [-0.05, 0) is 57.2 Å². The Morgan fingerprint density at radius 3 is 2.51 bits per heavy atom. The van der Waals surface area contributed by atoms with Gasteiger partial charge in [0.1, 0.15) is 34.9 Å². The molecule has 1 saturated heterocycles. The molecule has 0 spiro atoms. The van der Waals surface area contributed by atoms with Crippen molar-refractivity contribution < 1.29 is 19.0 Å². The van der Waals surface area contributed by atoms with Gasteiger partial charge < -0.3 is 24.8 Å². The fourth-order valence-electron chi connectivity index (χ4n) is 4.19. The quantitative estimate of drug-likeness (QED) is 0.428. The van der Waals surface area contributed by atoms with Crippen molar-refractivity contribution >= 4 is 22.9 Å². The number of nitrogen functional groups attached to an aromatic ring is 1. The van der Waals surface area contributed by atoms with Crippen molar-refractivity contribution in [1.82, 2.24) is 24.6 Å². The van der Waals surface area contributed by atoms with Gasteiger partial charge in [-0.2, -0.15) is 5.10 Å². The van der Waals surface area contributed by atoms with Crippen LogP contribution in [-0.4, -0.2) is 62.6 Å². The summed E-state index contributed by atoms with van der Waals surface area (Å²) in [6.45, 7) is 7.10. The lowest BCUT2D eigenvalue weighted by Crippen LogP contribution is -2.40. The largest absolute Gasteiger partial charge is 0.457 e. The summed E-state index contributed by atoms with van der Waals surface area (Å²) >= 11 is 0. The molecule has 0 bridgehead atoms. The molecule has 0 saturated carbocycles. The van der Waals surface area contributed by atoms with Crippen LogP contribution >= 0.6 is 0 Å². The van der Waals surface area contributed by atoms with E-state index in [1.165, 1.54) is 6.33 Å². The number of amides is 1. The Labute approximate surface area is 215 Å². The van der Waals surface area contributed by atoms with Crippen molar-refractivity contribution in [1.29, 1.82) is 0 Å². The first-order chi connectivity index (χ1) is 17.8. The van der Waals surface area contributed by atoms with Gasteiger partial charge in [0.15, 0.2) is 5.65 Å². The number of ether oxygens (including phenoxy) is 3. The maximum Gasteiger partial charge on any atom is 0.410 e. The smallest absolute Gasteiger partial charge is 0.410 e. The van der Waals surface area contributed by atoms with Gasteiger partial charge in [-0.1, -0.05) is 18.2 Å². The topological polar surface area (TPSA) is 118 Å². The second kappa shape index (κ2) is 10.1. The molecule has 1 aliphatic rings. The van der Waals surface area contributed by atoms with E-state index in [-0.39, 0.29) is 12.1 Å². The molecule has 0 aliphatic carbocycles. The lowest BCUT2D eigenvalue weighted by Gasteiger charge is -2.27. The maximum absolute atomic E-state index is 12.8. The zero-order chi connectivity index (χ0) is 26.0. The predicted octanol–water partition coefficient (Wildman–Crippen LogP) is 4.68. The first-order valence-electron chi connectivity index (χ1n) is 12.2. The molecule has 10 nitrogen and oxygen atoms in total. The number of nitrogens with two attached hydrogens (primary N) is 1. The van der Waals surface area contributed by atoms with Crippen LogP contribution in [0.15, 0.2) is 60.9 Å². The molecule has 4 aromatic rings. The van der Waals surface area contributed by atoms with Gasteiger partial charge in [-0.25, -0.2) is 19.4 Å². The van der Waals surface area contributed by atoms with E-state index < -0.39 is 5.60 Å². The highest BCUT2D eigenvalue weighted by molar-refractivity contribution is 5.98. The SMILES string of the molecule is CC(C)(C)OC(=O)N1CCOCC(n2nc(-c3ccc(Oc4ccccc4)cc3)c3c(N)ncnc32)C1. The number of fused-ring (bicyclic) bond motifs is 1. The molecule has 2 aromatic heterocycles. The molecule has 10 heteroatoms. The summed E-state index contributed by atoms with van der Waals surface area (Å²) < 4.78 is 19.1. The van der Waals surface area contributed by atoms with Crippen molar-refractivity contribution in [3.8, 4) is 22.8 Å². The Morgan fingerprint density at radius 1 is 1.05 bits per heavy atom. The molecule has 1 unspecified atom stereocenters. The average molecular weight is 503 g/mol. The number of benzene rings is 2. The number of hydrogen-bond acceptors (Lipinski definition) is 8. The summed E-state index contributed by atoms with van der Waals surface area (Å²) in [7, 11) is 0. The van der Waals surface area contributed by atoms with Crippen molar-refractivity contribution in [3.63, 3.8) is 0 Å². The van der Waals surface area contributed by atoms with Gasteiger partial charge in [-0.3, -0.25) is 0 Å².